The molecule has 1 fully saturated rings. The van der Waals surface area contributed by atoms with E-state index in [4.69, 9.17) is 4.74 Å². The lowest BCUT2D eigenvalue weighted by Crippen LogP contribution is -2.41. The van der Waals surface area contributed by atoms with Crippen LogP contribution in [-0.4, -0.2) is 39.0 Å². The Hall–Kier alpha value is -0.910. The van der Waals surface area contributed by atoms with Crippen LogP contribution in [0.4, 0.5) is 0 Å². The first-order valence-corrected chi connectivity index (χ1v) is 10.4. The summed E-state index contributed by atoms with van der Waals surface area (Å²) in [6, 6.07) is 4.18. The molecule has 0 unspecified atom stereocenters. The Bertz CT molecular complexity index is 643. The smallest absolute Gasteiger partial charge is 0.243 e. The third kappa shape index (κ3) is 3.84. The van der Waals surface area contributed by atoms with Crippen LogP contribution >= 0.6 is 0 Å². The summed E-state index contributed by atoms with van der Waals surface area (Å²) in [4.78, 5) is 0.527. The Morgan fingerprint density at radius 3 is 1.71 bits per heavy atom. The highest BCUT2D eigenvalue weighted by atomic mass is 32.2. The average Bonchev–Trinajstić information content (AvgIpc) is 2.54. The van der Waals surface area contributed by atoms with Gasteiger partial charge in [-0.05, 0) is 34.4 Å². The second-order valence-electron chi connectivity index (χ2n) is 7.51. The van der Waals surface area contributed by atoms with Gasteiger partial charge in [0.2, 0.25) is 10.0 Å². The topological polar surface area (TPSA) is 46.6 Å². The number of nitrogens with zero attached hydrogens (tertiary/aromatic N) is 1. The molecule has 136 valence electrons. The monoisotopic (exact) mass is 353 g/mol. The fourth-order valence-electron chi connectivity index (χ4n) is 3.10. The zero-order valence-electron chi connectivity index (χ0n) is 15.8. The summed E-state index contributed by atoms with van der Waals surface area (Å²) in [5, 5.41) is 0. The number of hydrogen-bond donors (Lipinski definition) is 0. The van der Waals surface area contributed by atoms with Gasteiger partial charge in [-0.1, -0.05) is 53.7 Å². The van der Waals surface area contributed by atoms with Gasteiger partial charge in [-0.3, -0.25) is 0 Å². The third-order valence-electron chi connectivity index (χ3n) is 4.65. The molecule has 1 heterocycles. The van der Waals surface area contributed by atoms with Crippen molar-refractivity contribution in [2.75, 3.05) is 26.3 Å². The molecule has 1 aromatic carbocycles. The van der Waals surface area contributed by atoms with Gasteiger partial charge in [0.15, 0.2) is 0 Å². The Morgan fingerprint density at radius 2 is 1.33 bits per heavy atom. The molecule has 0 aromatic heterocycles. The predicted molar refractivity (Wildman–Crippen MR) is 98.3 cm³/mol. The lowest BCUT2D eigenvalue weighted by molar-refractivity contribution is 0.0730. The second kappa shape index (κ2) is 7.54. The van der Waals surface area contributed by atoms with E-state index in [0.29, 0.717) is 37.1 Å². The minimum atomic E-state index is -3.50. The molecule has 1 saturated heterocycles. The number of ether oxygens (including phenoxy) is 1. The Balaban J connectivity index is 2.70. The Kier molecular flexibility index (Phi) is 6.10. The number of rotatable bonds is 5. The maximum absolute atomic E-state index is 13.4. The van der Waals surface area contributed by atoms with Crippen molar-refractivity contribution >= 4 is 10.0 Å². The van der Waals surface area contributed by atoms with Crippen molar-refractivity contribution in [3.8, 4) is 0 Å². The molecule has 0 bridgehead atoms. The van der Waals surface area contributed by atoms with E-state index in [1.165, 1.54) is 5.56 Å². The van der Waals surface area contributed by atoms with Gasteiger partial charge in [-0.2, -0.15) is 4.31 Å². The summed E-state index contributed by atoms with van der Waals surface area (Å²) >= 11 is 0. The van der Waals surface area contributed by atoms with E-state index in [1.54, 1.807) is 4.31 Å². The number of sulfonamides is 1. The zero-order chi connectivity index (χ0) is 18.1. The SMILES string of the molecule is CC(C)c1cc(C(C)C)c(S(=O)(=O)N2CCOCC2)c(C(C)C)c1. The summed E-state index contributed by atoms with van der Waals surface area (Å²) in [6.45, 7) is 14.4. The van der Waals surface area contributed by atoms with Gasteiger partial charge in [0.1, 0.15) is 0 Å². The highest BCUT2D eigenvalue weighted by Gasteiger charge is 2.32. The molecule has 5 heteroatoms. The fourth-order valence-corrected chi connectivity index (χ4v) is 5.18. The van der Waals surface area contributed by atoms with E-state index in [9.17, 15) is 8.42 Å². The first kappa shape index (κ1) is 19.4. The van der Waals surface area contributed by atoms with Crippen LogP contribution in [0.25, 0.3) is 0 Å². The lowest BCUT2D eigenvalue weighted by atomic mass is 9.89. The fraction of sp³-hybridized carbons (Fsp3) is 0.684. The van der Waals surface area contributed by atoms with Crippen molar-refractivity contribution in [2.24, 2.45) is 0 Å². The second-order valence-corrected chi connectivity index (χ2v) is 9.38. The number of benzene rings is 1. The molecular weight excluding hydrogens is 322 g/mol. The third-order valence-corrected chi connectivity index (χ3v) is 6.68. The van der Waals surface area contributed by atoms with Crippen LogP contribution in [0.5, 0.6) is 0 Å². The molecule has 2 rings (SSSR count). The van der Waals surface area contributed by atoms with Crippen molar-refractivity contribution in [1.29, 1.82) is 0 Å². The van der Waals surface area contributed by atoms with Gasteiger partial charge >= 0.3 is 0 Å². The van der Waals surface area contributed by atoms with Crippen LogP contribution in [-0.2, 0) is 14.8 Å². The summed E-state index contributed by atoms with van der Waals surface area (Å²) in [5.74, 6) is 0.694. The van der Waals surface area contributed by atoms with Gasteiger partial charge in [-0.25, -0.2) is 8.42 Å². The van der Waals surface area contributed by atoms with Crippen LogP contribution in [0, 0.1) is 0 Å². The standard InChI is InChI=1S/C19H31NO3S/c1-13(2)16-11-17(14(3)4)19(18(12-16)15(5)6)24(21,22)20-7-9-23-10-8-20/h11-15H,7-10H2,1-6H3. The maximum Gasteiger partial charge on any atom is 0.243 e. The molecule has 4 nitrogen and oxygen atoms in total. The van der Waals surface area contributed by atoms with E-state index < -0.39 is 10.0 Å². The average molecular weight is 354 g/mol. The molecular formula is C19H31NO3S. The Labute approximate surface area is 147 Å². The van der Waals surface area contributed by atoms with Crippen LogP contribution in [0.1, 0.15) is 76.0 Å². The normalized spacial score (nSPS) is 17.2. The van der Waals surface area contributed by atoms with E-state index in [-0.39, 0.29) is 11.8 Å². The van der Waals surface area contributed by atoms with Gasteiger partial charge in [0, 0.05) is 13.1 Å². The van der Waals surface area contributed by atoms with E-state index in [2.05, 4.69) is 53.7 Å². The molecule has 1 aromatic rings. The Morgan fingerprint density at radius 1 is 0.875 bits per heavy atom. The molecule has 1 aliphatic heterocycles. The molecule has 0 aliphatic carbocycles. The van der Waals surface area contributed by atoms with E-state index in [1.807, 2.05) is 0 Å². The van der Waals surface area contributed by atoms with E-state index >= 15 is 0 Å². The zero-order valence-corrected chi connectivity index (χ0v) is 16.6. The van der Waals surface area contributed by atoms with Crippen LogP contribution < -0.4 is 0 Å². The molecule has 0 spiro atoms. The number of hydrogen-bond acceptors (Lipinski definition) is 3. The highest BCUT2D eigenvalue weighted by Crippen LogP contribution is 2.36. The van der Waals surface area contributed by atoms with E-state index in [0.717, 1.165) is 11.1 Å². The molecule has 24 heavy (non-hydrogen) atoms. The van der Waals surface area contributed by atoms with Gasteiger partial charge in [0.05, 0.1) is 18.1 Å². The van der Waals surface area contributed by atoms with Gasteiger partial charge < -0.3 is 4.74 Å². The van der Waals surface area contributed by atoms with Crippen molar-refractivity contribution < 1.29 is 13.2 Å². The highest BCUT2D eigenvalue weighted by molar-refractivity contribution is 7.89. The molecule has 0 saturated carbocycles. The number of morpholine rings is 1. The molecule has 0 N–H and O–H groups in total. The molecule has 0 atom stereocenters. The van der Waals surface area contributed by atoms with Crippen LogP contribution in [0.15, 0.2) is 17.0 Å². The van der Waals surface area contributed by atoms with Crippen molar-refractivity contribution in [2.45, 2.75) is 64.2 Å². The van der Waals surface area contributed by atoms with Crippen molar-refractivity contribution in [1.82, 2.24) is 4.31 Å². The molecule has 1 aliphatic rings. The molecule has 0 radical (unpaired) electrons. The first-order valence-electron chi connectivity index (χ1n) is 8.91. The lowest BCUT2D eigenvalue weighted by Gasteiger charge is -2.30. The summed E-state index contributed by atoms with van der Waals surface area (Å²) in [5.41, 5.74) is 3.09. The summed E-state index contributed by atoms with van der Waals surface area (Å²) in [7, 11) is -3.50. The maximum atomic E-state index is 13.4. The minimum absolute atomic E-state index is 0.159. The van der Waals surface area contributed by atoms with Crippen LogP contribution in [0.2, 0.25) is 0 Å². The van der Waals surface area contributed by atoms with Crippen LogP contribution in [0.3, 0.4) is 0 Å². The summed E-state index contributed by atoms with van der Waals surface area (Å²) < 4.78 is 33.7. The van der Waals surface area contributed by atoms with Crippen molar-refractivity contribution in [3.63, 3.8) is 0 Å². The predicted octanol–water partition coefficient (Wildman–Crippen LogP) is 4.08. The largest absolute Gasteiger partial charge is 0.379 e. The van der Waals surface area contributed by atoms with Crippen molar-refractivity contribution in [3.05, 3.63) is 28.8 Å². The quantitative estimate of drug-likeness (QED) is 0.801. The van der Waals surface area contributed by atoms with Gasteiger partial charge in [0.25, 0.3) is 0 Å². The first-order chi connectivity index (χ1) is 11.2. The van der Waals surface area contributed by atoms with Gasteiger partial charge in [-0.15, -0.1) is 0 Å². The minimum Gasteiger partial charge on any atom is -0.379 e. The molecule has 0 amide bonds. The summed E-state index contributed by atoms with van der Waals surface area (Å²) in [6.07, 6.45) is 0.